The minimum Gasteiger partial charge on any atom is -0.494 e. The average molecular weight is 413 g/mol. The quantitative estimate of drug-likeness (QED) is 0.719. The van der Waals surface area contributed by atoms with E-state index in [1.807, 2.05) is 18.2 Å². The monoisotopic (exact) mass is 412 g/mol. The molecule has 3 rings (SSSR count). The van der Waals surface area contributed by atoms with Crippen LogP contribution >= 0.6 is 27.3 Å². The Labute approximate surface area is 149 Å². The van der Waals surface area contributed by atoms with Crippen molar-refractivity contribution >= 4 is 49.4 Å². The van der Waals surface area contributed by atoms with Gasteiger partial charge in [0.15, 0.2) is 4.80 Å². The second-order valence-corrected chi connectivity index (χ2v) is 6.70. The van der Waals surface area contributed by atoms with Crippen LogP contribution in [0.1, 0.15) is 0 Å². The van der Waals surface area contributed by atoms with Gasteiger partial charge in [0, 0.05) is 4.47 Å². The molecule has 1 amide bonds. The van der Waals surface area contributed by atoms with Crippen LogP contribution in [0.2, 0.25) is 0 Å². The van der Waals surface area contributed by atoms with Gasteiger partial charge in [-0.1, -0.05) is 27.3 Å². The summed E-state index contributed by atoms with van der Waals surface area (Å²) in [6.45, 7) is 0.658. The number of esters is 1. The summed E-state index contributed by atoms with van der Waals surface area (Å²) in [6.07, 6.45) is 1.25. The standard InChI is InChI=1S/C15H13BrN2O5S/c1-21-13(19)7-18-10-3-2-9(16)6-12(10)24-15(18)17-14(20)11-8-22-4-5-23-11/h2-3,6,8H,4-5,7H2,1H3. The fourth-order valence-corrected chi connectivity index (χ4v) is 3.68. The molecule has 0 bridgehead atoms. The minimum absolute atomic E-state index is 0.0410. The summed E-state index contributed by atoms with van der Waals surface area (Å²) in [7, 11) is 1.31. The van der Waals surface area contributed by atoms with E-state index in [9.17, 15) is 9.59 Å². The number of ether oxygens (including phenoxy) is 3. The molecular formula is C15H13BrN2O5S. The Morgan fingerprint density at radius 3 is 2.96 bits per heavy atom. The molecule has 7 nitrogen and oxygen atoms in total. The van der Waals surface area contributed by atoms with Crippen molar-refractivity contribution in [1.29, 1.82) is 0 Å². The number of aromatic nitrogens is 1. The van der Waals surface area contributed by atoms with Gasteiger partial charge in [-0.2, -0.15) is 4.99 Å². The van der Waals surface area contributed by atoms with Crippen LogP contribution in [0.25, 0.3) is 10.2 Å². The third-order valence-corrected chi connectivity index (χ3v) is 4.75. The van der Waals surface area contributed by atoms with Crippen molar-refractivity contribution in [3.8, 4) is 0 Å². The van der Waals surface area contributed by atoms with E-state index in [2.05, 4.69) is 20.9 Å². The van der Waals surface area contributed by atoms with Crippen molar-refractivity contribution in [2.75, 3.05) is 20.3 Å². The van der Waals surface area contributed by atoms with E-state index in [-0.39, 0.29) is 12.3 Å². The van der Waals surface area contributed by atoms with Crippen LogP contribution < -0.4 is 4.80 Å². The lowest BCUT2D eigenvalue weighted by Crippen LogP contribution is -2.23. The predicted octanol–water partition coefficient (Wildman–Crippen LogP) is 1.95. The Kier molecular flexibility index (Phi) is 5.00. The third kappa shape index (κ3) is 3.51. The summed E-state index contributed by atoms with van der Waals surface area (Å²) in [5.74, 6) is -0.938. The Morgan fingerprint density at radius 2 is 2.25 bits per heavy atom. The van der Waals surface area contributed by atoms with Crippen LogP contribution in [0.15, 0.2) is 39.7 Å². The molecule has 1 aromatic heterocycles. The first-order valence-corrected chi connectivity index (χ1v) is 8.59. The molecule has 9 heteroatoms. The number of hydrogen-bond acceptors (Lipinski definition) is 6. The number of fused-ring (bicyclic) bond motifs is 1. The van der Waals surface area contributed by atoms with Gasteiger partial charge in [-0.25, -0.2) is 0 Å². The summed E-state index contributed by atoms with van der Waals surface area (Å²) in [6, 6.07) is 5.60. The third-order valence-electron chi connectivity index (χ3n) is 3.22. The van der Waals surface area contributed by atoms with Gasteiger partial charge < -0.3 is 18.8 Å². The molecule has 0 saturated heterocycles. The second-order valence-electron chi connectivity index (χ2n) is 4.78. The lowest BCUT2D eigenvalue weighted by atomic mass is 10.3. The fourth-order valence-electron chi connectivity index (χ4n) is 2.10. The maximum Gasteiger partial charge on any atom is 0.325 e. The highest BCUT2D eigenvalue weighted by Crippen LogP contribution is 2.22. The largest absolute Gasteiger partial charge is 0.494 e. The summed E-state index contributed by atoms with van der Waals surface area (Å²) in [5, 5.41) is 0. The first-order chi connectivity index (χ1) is 11.6. The molecule has 0 radical (unpaired) electrons. The highest BCUT2D eigenvalue weighted by Gasteiger charge is 2.16. The number of amides is 1. The number of methoxy groups -OCH3 is 1. The van der Waals surface area contributed by atoms with E-state index < -0.39 is 11.9 Å². The lowest BCUT2D eigenvalue weighted by molar-refractivity contribution is -0.141. The fraction of sp³-hybridized carbons (Fsp3) is 0.267. The zero-order chi connectivity index (χ0) is 17.1. The van der Waals surface area contributed by atoms with Gasteiger partial charge in [0.25, 0.3) is 0 Å². The van der Waals surface area contributed by atoms with Crippen LogP contribution in [0.4, 0.5) is 0 Å². The van der Waals surface area contributed by atoms with Gasteiger partial charge in [0.05, 0.1) is 17.3 Å². The van der Waals surface area contributed by atoms with Gasteiger partial charge in [-0.3, -0.25) is 9.59 Å². The van der Waals surface area contributed by atoms with Crippen LogP contribution in [-0.2, 0) is 30.3 Å². The number of hydrogen-bond donors (Lipinski definition) is 0. The van der Waals surface area contributed by atoms with Crippen LogP contribution in [0.3, 0.4) is 0 Å². The molecule has 0 N–H and O–H groups in total. The zero-order valence-electron chi connectivity index (χ0n) is 12.7. The summed E-state index contributed by atoms with van der Waals surface area (Å²) >= 11 is 4.70. The molecule has 0 fully saturated rings. The summed E-state index contributed by atoms with van der Waals surface area (Å²) in [4.78, 5) is 28.4. The van der Waals surface area contributed by atoms with Crippen molar-refractivity contribution in [1.82, 2.24) is 4.57 Å². The molecule has 1 aromatic carbocycles. The van der Waals surface area contributed by atoms with E-state index >= 15 is 0 Å². The number of carbonyl (C=O) groups is 2. The normalized spacial score (nSPS) is 14.8. The topological polar surface area (TPSA) is 79.1 Å². The number of rotatable bonds is 3. The smallest absolute Gasteiger partial charge is 0.325 e. The summed E-state index contributed by atoms with van der Waals surface area (Å²) < 4.78 is 18.5. The molecule has 0 atom stereocenters. The van der Waals surface area contributed by atoms with Gasteiger partial charge in [-0.15, -0.1) is 0 Å². The van der Waals surface area contributed by atoms with Crippen molar-refractivity contribution in [3.05, 3.63) is 39.5 Å². The molecule has 2 heterocycles. The molecule has 0 unspecified atom stereocenters. The van der Waals surface area contributed by atoms with E-state index in [1.165, 1.54) is 24.7 Å². The number of carbonyl (C=O) groups excluding carboxylic acids is 2. The molecule has 1 aliphatic rings. The highest BCUT2D eigenvalue weighted by molar-refractivity contribution is 9.10. The Morgan fingerprint density at radius 1 is 1.42 bits per heavy atom. The lowest BCUT2D eigenvalue weighted by Gasteiger charge is -2.12. The molecule has 0 saturated carbocycles. The zero-order valence-corrected chi connectivity index (χ0v) is 15.1. The van der Waals surface area contributed by atoms with Crippen LogP contribution in [0.5, 0.6) is 0 Å². The minimum atomic E-state index is -0.557. The van der Waals surface area contributed by atoms with Gasteiger partial charge in [0.2, 0.25) is 5.76 Å². The predicted molar refractivity (Wildman–Crippen MR) is 90.1 cm³/mol. The molecule has 2 aromatic rings. The number of benzene rings is 1. The first kappa shape index (κ1) is 16.7. The first-order valence-electron chi connectivity index (χ1n) is 6.98. The van der Waals surface area contributed by atoms with Crippen LogP contribution in [0, 0.1) is 0 Å². The number of nitrogens with zero attached hydrogens (tertiary/aromatic N) is 2. The van der Waals surface area contributed by atoms with Gasteiger partial charge in [0.1, 0.15) is 26.0 Å². The van der Waals surface area contributed by atoms with E-state index in [4.69, 9.17) is 14.2 Å². The Bertz CT molecular complexity index is 899. The molecule has 24 heavy (non-hydrogen) atoms. The molecule has 0 spiro atoms. The van der Waals surface area contributed by atoms with E-state index in [1.54, 1.807) is 4.57 Å². The van der Waals surface area contributed by atoms with Gasteiger partial charge >= 0.3 is 11.9 Å². The maximum atomic E-state index is 12.2. The SMILES string of the molecule is COC(=O)Cn1c(=NC(=O)C2=COCCO2)sc2cc(Br)ccc21. The number of thiazole rings is 1. The molecule has 1 aliphatic heterocycles. The van der Waals surface area contributed by atoms with E-state index in [0.717, 1.165) is 14.7 Å². The van der Waals surface area contributed by atoms with Crippen molar-refractivity contribution in [2.24, 2.45) is 4.99 Å². The molecular weight excluding hydrogens is 400 g/mol. The highest BCUT2D eigenvalue weighted by atomic mass is 79.9. The maximum absolute atomic E-state index is 12.2. The molecule has 126 valence electrons. The van der Waals surface area contributed by atoms with E-state index in [0.29, 0.717) is 18.0 Å². The Hall–Kier alpha value is -2.13. The van der Waals surface area contributed by atoms with Crippen molar-refractivity contribution < 1.29 is 23.8 Å². The summed E-state index contributed by atoms with van der Waals surface area (Å²) in [5.41, 5.74) is 0.787. The van der Waals surface area contributed by atoms with Crippen molar-refractivity contribution in [2.45, 2.75) is 6.54 Å². The second kappa shape index (κ2) is 7.18. The van der Waals surface area contributed by atoms with Gasteiger partial charge in [-0.05, 0) is 18.2 Å². The van der Waals surface area contributed by atoms with Crippen LogP contribution in [-0.4, -0.2) is 36.8 Å². The van der Waals surface area contributed by atoms with Crippen molar-refractivity contribution in [3.63, 3.8) is 0 Å². The number of halogens is 1. The Balaban J connectivity index is 2.09. The molecule has 0 aliphatic carbocycles. The average Bonchev–Trinajstić information content (AvgIpc) is 2.91.